The monoisotopic (exact) mass is 282 g/mol. The Balaban J connectivity index is 2.86. The molecule has 1 N–H and O–H groups in total. The molecule has 2 nitrogen and oxygen atoms in total. The third kappa shape index (κ3) is 5.84. The zero-order valence-corrected chi connectivity index (χ0v) is 13.6. The largest absolute Gasteiger partial charge is 0.374 e. The first-order valence-electron chi connectivity index (χ1n) is 7.04. The van der Waals surface area contributed by atoms with Crippen LogP contribution in [0.25, 0.3) is 0 Å². The van der Waals surface area contributed by atoms with E-state index in [9.17, 15) is 0 Å². The van der Waals surface area contributed by atoms with Crippen molar-refractivity contribution < 1.29 is 0 Å². The fraction of sp³-hybridized carbons (Fsp3) is 0.625. The van der Waals surface area contributed by atoms with Crippen LogP contribution in [0.3, 0.4) is 0 Å². The second-order valence-corrected chi connectivity index (χ2v) is 6.80. The van der Waals surface area contributed by atoms with Gasteiger partial charge in [0.2, 0.25) is 0 Å². The molecule has 0 radical (unpaired) electrons. The highest BCUT2D eigenvalue weighted by Crippen LogP contribution is 2.27. The van der Waals surface area contributed by atoms with E-state index in [1.807, 2.05) is 6.07 Å². The van der Waals surface area contributed by atoms with Gasteiger partial charge in [0.25, 0.3) is 0 Å². The lowest BCUT2D eigenvalue weighted by Crippen LogP contribution is -2.30. The van der Waals surface area contributed by atoms with Gasteiger partial charge in [0.15, 0.2) is 0 Å². The van der Waals surface area contributed by atoms with E-state index in [0.29, 0.717) is 0 Å². The van der Waals surface area contributed by atoms with Crippen LogP contribution in [0.4, 0.5) is 5.69 Å². The minimum absolute atomic E-state index is 0.269. The number of nitrogens with one attached hydrogen (secondary N) is 1. The van der Waals surface area contributed by atoms with Gasteiger partial charge in [-0.05, 0) is 36.1 Å². The smallest absolute Gasteiger partial charge is 0.0426 e. The second-order valence-electron chi connectivity index (χ2n) is 6.37. The molecular weight excluding hydrogens is 256 g/mol. The van der Waals surface area contributed by atoms with Gasteiger partial charge in [0.1, 0.15) is 0 Å². The molecule has 0 saturated carbocycles. The standard InChI is InChI=1S/C16H27ClN2/c1-6-9-18-11-13-7-8-14(17)10-15(13)19(5)12-16(2,3)4/h7-8,10,18H,6,9,11-12H2,1-5H3. The summed E-state index contributed by atoms with van der Waals surface area (Å²) >= 11 is 6.15. The fourth-order valence-corrected chi connectivity index (χ4v) is 2.40. The van der Waals surface area contributed by atoms with Gasteiger partial charge in [-0.25, -0.2) is 0 Å². The van der Waals surface area contributed by atoms with Gasteiger partial charge < -0.3 is 10.2 Å². The fourth-order valence-electron chi connectivity index (χ4n) is 2.24. The Morgan fingerprint density at radius 3 is 2.53 bits per heavy atom. The zero-order valence-electron chi connectivity index (χ0n) is 12.9. The summed E-state index contributed by atoms with van der Waals surface area (Å²) in [6.45, 7) is 11.9. The first-order valence-corrected chi connectivity index (χ1v) is 7.41. The molecule has 0 aliphatic heterocycles. The number of benzene rings is 1. The number of rotatable bonds is 6. The Labute approximate surface area is 123 Å². The van der Waals surface area contributed by atoms with Crippen LogP contribution < -0.4 is 10.2 Å². The van der Waals surface area contributed by atoms with Crippen molar-refractivity contribution in [1.29, 1.82) is 0 Å². The molecule has 0 amide bonds. The molecule has 0 saturated heterocycles. The van der Waals surface area contributed by atoms with E-state index in [1.165, 1.54) is 11.3 Å². The Hall–Kier alpha value is -0.730. The molecule has 0 fully saturated rings. The summed E-state index contributed by atoms with van der Waals surface area (Å²) in [6, 6.07) is 6.16. The van der Waals surface area contributed by atoms with Crippen LogP contribution in [0.1, 0.15) is 39.7 Å². The third-order valence-electron chi connectivity index (χ3n) is 2.91. The summed E-state index contributed by atoms with van der Waals surface area (Å²) in [5.41, 5.74) is 2.81. The Bertz CT molecular complexity index is 396. The van der Waals surface area contributed by atoms with Crippen LogP contribution in [0.5, 0.6) is 0 Å². The maximum Gasteiger partial charge on any atom is 0.0426 e. The predicted octanol–water partition coefficient (Wildman–Crippen LogP) is 4.32. The molecule has 1 aromatic rings. The Morgan fingerprint density at radius 2 is 1.95 bits per heavy atom. The van der Waals surface area contributed by atoms with Gasteiger partial charge in [0.05, 0.1) is 0 Å². The lowest BCUT2D eigenvalue weighted by atomic mass is 9.95. The summed E-state index contributed by atoms with van der Waals surface area (Å²) in [5, 5.41) is 4.26. The van der Waals surface area contributed by atoms with Gasteiger partial charge in [-0.3, -0.25) is 0 Å². The van der Waals surface area contributed by atoms with E-state index in [2.05, 4.69) is 57.1 Å². The van der Waals surface area contributed by atoms with Crippen molar-refractivity contribution in [3.05, 3.63) is 28.8 Å². The molecule has 108 valence electrons. The summed E-state index contributed by atoms with van der Waals surface area (Å²) in [4.78, 5) is 2.30. The van der Waals surface area contributed by atoms with E-state index in [-0.39, 0.29) is 5.41 Å². The first kappa shape index (κ1) is 16.3. The highest BCUT2D eigenvalue weighted by molar-refractivity contribution is 6.30. The number of hydrogen-bond acceptors (Lipinski definition) is 2. The number of anilines is 1. The minimum atomic E-state index is 0.269. The van der Waals surface area contributed by atoms with Gasteiger partial charge in [-0.2, -0.15) is 0 Å². The molecule has 0 spiro atoms. The molecular formula is C16H27ClN2. The van der Waals surface area contributed by atoms with Crippen molar-refractivity contribution in [2.24, 2.45) is 5.41 Å². The zero-order chi connectivity index (χ0) is 14.5. The maximum atomic E-state index is 6.15. The van der Waals surface area contributed by atoms with E-state index >= 15 is 0 Å². The molecule has 0 aliphatic rings. The number of nitrogens with zero attached hydrogens (tertiary/aromatic N) is 1. The van der Waals surface area contributed by atoms with Crippen LogP contribution in [0.15, 0.2) is 18.2 Å². The summed E-state index contributed by atoms with van der Waals surface area (Å²) in [6.07, 6.45) is 1.15. The van der Waals surface area contributed by atoms with E-state index in [1.54, 1.807) is 0 Å². The summed E-state index contributed by atoms with van der Waals surface area (Å²) in [7, 11) is 2.14. The van der Waals surface area contributed by atoms with E-state index < -0.39 is 0 Å². The van der Waals surface area contributed by atoms with Gasteiger partial charge in [-0.15, -0.1) is 0 Å². The molecule has 19 heavy (non-hydrogen) atoms. The van der Waals surface area contributed by atoms with Crippen molar-refractivity contribution in [3.63, 3.8) is 0 Å². The Morgan fingerprint density at radius 1 is 1.26 bits per heavy atom. The topological polar surface area (TPSA) is 15.3 Å². The molecule has 0 aromatic heterocycles. The molecule has 1 rings (SSSR count). The average Bonchev–Trinajstić information content (AvgIpc) is 2.29. The lowest BCUT2D eigenvalue weighted by molar-refractivity contribution is 0.418. The Kier molecular flexibility index (Phi) is 6.15. The molecule has 0 unspecified atom stereocenters. The second kappa shape index (κ2) is 7.16. The van der Waals surface area contributed by atoms with Crippen LogP contribution in [-0.4, -0.2) is 20.1 Å². The van der Waals surface area contributed by atoms with Crippen molar-refractivity contribution in [1.82, 2.24) is 5.32 Å². The van der Waals surface area contributed by atoms with Crippen LogP contribution in [0.2, 0.25) is 5.02 Å². The number of hydrogen-bond donors (Lipinski definition) is 1. The van der Waals surface area contributed by atoms with Crippen molar-refractivity contribution >= 4 is 17.3 Å². The molecule has 0 aliphatic carbocycles. The van der Waals surface area contributed by atoms with Crippen LogP contribution in [-0.2, 0) is 6.54 Å². The quantitative estimate of drug-likeness (QED) is 0.782. The van der Waals surface area contributed by atoms with Crippen molar-refractivity contribution in [2.75, 3.05) is 25.0 Å². The highest BCUT2D eigenvalue weighted by atomic mass is 35.5. The maximum absolute atomic E-state index is 6.15. The molecule has 0 atom stereocenters. The lowest BCUT2D eigenvalue weighted by Gasteiger charge is -2.30. The number of halogens is 1. The van der Waals surface area contributed by atoms with E-state index in [0.717, 1.165) is 31.1 Å². The van der Waals surface area contributed by atoms with Crippen LogP contribution >= 0.6 is 11.6 Å². The van der Waals surface area contributed by atoms with Gasteiger partial charge >= 0.3 is 0 Å². The van der Waals surface area contributed by atoms with Gasteiger partial charge in [-0.1, -0.05) is 45.4 Å². The highest BCUT2D eigenvalue weighted by Gasteiger charge is 2.16. The average molecular weight is 283 g/mol. The predicted molar refractivity (Wildman–Crippen MR) is 86.2 cm³/mol. The minimum Gasteiger partial charge on any atom is -0.374 e. The SMILES string of the molecule is CCCNCc1ccc(Cl)cc1N(C)CC(C)(C)C. The molecule has 1 aromatic carbocycles. The summed E-state index contributed by atoms with van der Waals surface area (Å²) < 4.78 is 0. The van der Waals surface area contributed by atoms with Crippen molar-refractivity contribution in [3.8, 4) is 0 Å². The third-order valence-corrected chi connectivity index (χ3v) is 3.15. The summed E-state index contributed by atoms with van der Waals surface area (Å²) in [5.74, 6) is 0. The molecule has 0 heterocycles. The van der Waals surface area contributed by atoms with Gasteiger partial charge in [0, 0.05) is 30.8 Å². The van der Waals surface area contributed by atoms with E-state index in [4.69, 9.17) is 11.6 Å². The molecule has 3 heteroatoms. The normalized spacial score (nSPS) is 11.7. The first-order chi connectivity index (χ1) is 8.83. The van der Waals surface area contributed by atoms with Crippen molar-refractivity contribution in [2.45, 2.75) is 40.7 Å². The van der Waals surface area contributed by atoms with Crippen LogP contribution in [0, 0.1) is 5.41 Å². The molecule has 0 bridgehead atoms.